The Kier molecular flexibility index (Phi) is 3.80. The van der Waals surface area contributed by atoms with Crippen LogP contribution in [0.5, 0.6) is 0 Å². The van der Waals surface area contributed by atoms with E-state index < -0.39 is 0 Å². The average Bonchev–Trinajstić information content (AvgIpc) is 2.46. The Balaban J connectivity index is 2.30. The van der Waals surface area contributed by atoms with E-state index >= 15 is 0 Å². The van der Waals surface area contributed by atoms with Crippen molar-refractivity contribution < 1.29 is 4.79 Å². The molecule has 98 valence electrons. The largest absolute Gasteiger partial charge is 0.386 e. The summed E-state index contributed by atoms with van der Waals surface area (Å²) in [5.41, 5.74) is 3.38. The van der Waals surface area contributed by atoms with E-state index in [1.54, 1.807) is 37.5 Å². The van der Waals surface area contributed by atoms with Crippen LogP contribution in [0, 0.1) is 6.92 Å². The van der Waals surface area contributed by atoms with Crippen molar-refractivity contribution in [1.82, 2.24) is 4.98 Å². The number of benzene rings is 1. The van der Waals surface area contributed by atoms with Crippen molar-refractivity contribution in [3.8, 4) is 0 Å². The fourth-order valence-electron chi connectivity index (χ4n) is 1.85. The van der Waals surface area contributed by atoms with E-state index in [-0.39, 0.29) is 5.91 Å². The molecule has 0 aliphatic heterocycles. The van der Waals surface area contributed by atoms with Gasteiger partial charge < -0.3 is 10.2 Å². The molecule has 1 aromatic heterocycles. The highest BCUT2D eigenvalue weighted by Crippen LogP contribution is 2.20. The first kappa shape index (κ1) is 13.1. The van der Waals surface area contributed by atoms with Crippen LogP contribution in [0.4, 0.5) is 11.4 Å². The predicted octanol–water partition coefficient (Wildman–Crippen LogP) is 2.71. The van der Waals surface area contributed by atoms with Crippen molar-refractivity contribution in [2.45, 2.75) is 6.92 Å². The third-order valence-electron chi connectivity index (χ3n) is 3.05. The highest BCUT2D eigenvalue weighted by molar-refractivity contribution is 6.09. The number of aryl methyl sites for hydroxylation is 1. The van der Waals surface area contributed by atoms with Gasteiger partial charge in [0.15, 0.2) is 0 Å². The number of hydrogen-bond donors (Lipinski definition) is 1. The fourth-order valence-corrected chi connectivity index (χ4v) is 1.85. The lowest BCUT2D eigenvalue weighted by Gasteiger charge is -2.19. The first-order valence-corrected chi connectivity index (χ1v) is 6.10. The summed E-state index contributed by atoms with van der Waals surface area (Å²) < 4.78 is 0. The molecule has 0 aliphatic rings. The molecule has 0 radical (unpaired) electrons. The zero-order valence-corrected chi connectivity index (χ0v) is 11.3. The molecule has 0 bridgehead atoms. The molecule has 0 saturated heterocycles. The van der Waals surface area contributed by atoms with E-state index in [1.165, 1.54) is 5.56 Å². The maximum Gasteiger partial charge on any atom is 0.260 e. The van der Waals surface area contributed by atoms with Crippen LogP contribution in [0.3, 0.4) is 0 Å². The summed E-state index contributed by atoms with van der Waals surface area (Å²) in [5, 5.41) is 2.98. The summed E-state index contributed by atoms with van der Waals surface area (Å²) in [6.45, 7) is 2.02. The van der Waals surface area contributed by atoms with Gasteiger partial charge in [0.2, 0.25) is 0 Å². The molecular formula is C15H17N3O. The topological polar surface area (TPSA) is 45.2 Å². The molecule has 4 heteroatoms. The molecule has 0 saturated carbocycles. The summed E-state index contributed by atoms with van der Waals surface area (Å²) in [5.74, 6) is -0.0596. The Morgan fingerprint density at radius 3 is 2.53 bits per heavy atom. The molecule has 2 aromatic rings. The lowest BCUT2D eigenvalue weighted by atomic mass is 10.1. The Morgan fingerprint density at radius 1 is 1.21 bits per heavy atom. The van der Waals surface area contributed by atoms with Gasteiger partial charge in [-0.2, -0.15) is 0 Å². The van der Waals surface area contributed by atoms with Crippen molar-refractivity contribution in [3.63, 3.8) is 0 Å². The molecule has 1 amide bonds. The number of carbonyl (C=O) groups excluding carboxylic acids is 1. The van der Waals surface area contributed by atoms with Crippen molar-refractivity contribution in [1.29, 1.82) is 0 Å². The normalized spacial score (nSPS) is 10.1. The highest BCUT2D eigenvalue weighted by atomic mass is 16.2. The Morgan fingerprint density at radius 2 is 1.89 bits per heavy atom. The number of rotatable bonds is 3. The van der Waals surface area contributed by atoms with Crippen LogP contribution in [0.15, 0.2) is 42.7 Å². The third kappa shape index (κ3) is 2.73. The number of amides is 1. The number of carbonyl (C=O) groups is 1. The van der Waals surface area contributed by atoms with E-state index in [0.717, 1.165) is 11.4 Å². The Bertz CT molecular complexity index is 578. The fraction of sp³-hybridized carbons (Fsp3) is 0.200. The standard InChI is InChI=1S/C15H17N3O/c1-11-4-6-12(7-5-11)18(3)15(19)13-8-9-17-10-14(13)16-2/h4-10,16H,1-3H3. The number of nitrogens with zero attached hydrogens (tertiary/aromatic N) is 2. The van der Waals surface area contributed by atoms with Gasteiger partial charge in [0, 0.05) is 26.0 Å². The smallest absolute Gasteiger partial charge is 0.260 e. The molecule has 19 heavy (non-hydrogen) atoms. The number of nitrogens with one attached hydrogen (secondary N) is 1. The first-order valence-electron chi connectivity index (χ1n) is 6.10. The Labute approximate surface area is 113 Å². The molecule has 0 fully saturated rings. The van der Waals surface area contributed by atoms with Gasteiger partial charge in [0.25, 0.3) is 5.91 Å². The molecule has 0 atom stereocenters. The second-order valence-corrected chi connectivity index (χ2v) is 4.37. The molecule has 1 N–H and O–H groups in total. The lowest BCUT2D eigenvalue weighted by molar-refractivity contribution is 0.0993. The first-order chi connectivity index (χ1) is 9.13. The minimum atomic E-state index is -0.0596. The second-order valence-electron chi connectivity index (χ2n) is 4.37. The second kappa shape index (κ2) is 5.52. The van der Waals surface area contributed by atoms with Gasteiger partial charge in [0.1, 0.15) is 0 Å². The average molecular weight is 255 g/mol. The molecule has 1 heterocycles. The van der Waals surface area contributed by atoms with Gasteiger partial charge in [-0.1, -0.05) is 17.7 Å². The van der Waals surface area contributed by atoms with Gasteiger partial charge in [-0.15, -0.1) is 0 Å². The number of pyridine rings is 1. The number of hydrogen-bond acceptors (Lipinski definition) is 3. The minimum Gasteiger partial charge on any atom is -0.386 e. The van der Waals surface area contributed by atoms with Crippen LogP contribution >= 0.6 is 0 Å². The molecular weight excluding hydrogens is 238 g/mol. The van der Waals surface area contributed by atoms with Crippen LogP contribution in [0.1, 0.15) is 15.9 Å². The summed E-state index contributed by atoms with van der Waals surface area (Å²) in [6.07, 6.45) is 3.27. The van der Waals surface area contributed by atoms with Crippen LogP contribution in [0.25, 0.3) is 0 Å². The van der Waals surface area contributed by atoms with Crippen molar-refractivity contribution in [3.05, 3.63) is 53.9 Å². The van der Waals surface area contributed by atoms with Crippen molar-refractivity contribution in [2.75, 3.05) is 24.3 Å². The molecule has 0 aliphatic carbocycles. The summed E-state index contributed by atoms with van der Waals surface area (Å²) in [7, 11) is 3.55. The zero-order valence-electron chi connectivity index (χ0n) is 11.3. The Hall–Kier alpha value is -2.36. The van der Waals surface area contributed by atoms with Crippen molar-refractivity contribution in [2.24, 2.45) is 0 Å². The van der Waals surface area contributed by atoms with E-state index in [0.29, 0.717) is 5.56 Å². The number of anilines is 2. The molecule has 0 spiro atoms. The van der Waals surface area contributed by atoms with Crippen LogP contribution in [0.2, 0.25) is 0 Å². The van der Waals surface area contributed by atoms with E-state index in [1.807, 2.05) is 31.2 Å². The van der Waals surface area contributed by atoms with Gasteiger partial charge >= 0.3 is 0 Å². The lowest BCUT2D eigenvalue weighted by Crippen LogP contribution is -2.27. The zero-order chi connectivity index (χ0) is 13.8. The SMILES string of the molecule is CNc1cnccc1C(=O)N(C)c1ccc(C)cc1. The van der Waals surface area contributed by atoms with Gasteiger partial charge in [-0.25, -0.2) is 0 Å². The molecule has 4 nitrogen and oxygen atoms in total. The summed E-state index contributed by atoms with van der Waals surface area (Å²) in [6, 6.07) is 9.58. The quantitative estimate of drug-likeness (QED) is 0.917. The van der Waals surface area contributed by atoms with E-state index in [2.05, 4.69) is 10.3 Å². The highest BCUT2D eigenvalue weighted by Gasteiger charge is 2.16. The summed E-state index contributed by atoms with van der Waals surface area (Å²) >= 11 is 0. The van der Waals surface area contributed by atoms with Crippen LogP contribution in [-0.2, 0) is 0 Å². The van der Waals surface area contributed by atoms with E-state index in [4.69, 9.17) is 0 Å². The van der Waals surface area contributed by atoms with Crippen LogP contribution < -0.4 is 10.2 Å². The predicted molar refractivity (Wildman–Crippen MR) is 77.7 cm³/mol. The number of aromatic nitrogens is 1. The van der Waals surface area contributed by atoms with Gasteiger partial charge in [-0.3, -0.25) is 9.78 Å². The van der Waals surface area contributed by atoms with Crippen LogP contribution in [-0.4, -0.2) is 25.0 Å². The molecule has 1 aromatic carbocycles. The van der Waals surface area contributed by atoms with E-state index in [9.17, 15) is 4.79 Å². The van der Waals surface area contributed by atoms with Gasteiger partial charge in [0.05, 0.1) is 17.4 Å². The molecule has 0 unspecified atom stereocenters. The third-order valence-corrected chi connectivity index (χ3v) is 3.05. The summed E-state index contributed by atoms with van der Waals surface area (Å²) in [4.78, 5) is 18.1. The monoisotopic (exact) mass is 255 g/mol. The maximum atomic E-state index is 12.5. The minimum absolute atomic E-state index is 0.0596. The molecule has 2 rings (SSSR count). The van der Waals surface area contributed by atoms with Crippen molar-refractivity contribution >= 4 is 17.3 Å². The van der Waals surface area contributed by atoms with Gasteiger partial charge in [-0.05, 0) is 25.1 Å². The maximum absolute atomic E-state index is 12.5.